The standard InChI is InChI=1S/C20H21NO2/c1-21(2)13-14-6-8-16(9-7-14)18-5-3-4-15-10-11-17(20(22)23)12-19(15)18/h5-12H,3-4,13H2,1-2H3,(H,22,23). The lowest BCUT2D eigenvalue weighted by Crippen LogP contribution is -2.10. The molecule has 2 aromatic rings. The molecule has 118 valence electrons. The average molecular weight is 307 g/mol. The monoisotopic (exact) mass is 307 g/mol. The Hall–Kier alpha value is -2.39. The van der Waals surface area contributed by atoms with Crippen molar-refractivity contribution in [3.05, 3.63) is 76.4 Å². The first-order valence-electron chi connectivity index (χ1n) is 7.85. The van der Waals surface area contributed by atoms with E-state index in [0.717, 1.165) is 36.1 Å². The van der Waals surface area contributed by atoms with Gasteiger partial charge in [0.25, 0.3) is 0 Å². The molecule has 0 amide bonds. The van der Waals surface area contributed by atoms with Crippen LogP contribution in [-0.4, -0.2) is 30.1 Å². The molecule has 1 N–H and O–H groups in total. The summed E-state index contributed by atoms with van der Waals surface area (Å²) in [6.45, 7) is 0.916. The molecule has 0 heterocycles. The van der Waals surface area contributed by atoms with Gasteiger partial charge in [0.1, 0.15) is 0 Å². The maximum absolute atomic E-state index is 11.3. The maximum Gasteiger partial charge on any atom is 0.335 e. The van der Waals surface area contributed by atoms with Crippen molar-refractivity contribution >= 4 is 11.5 Å². The quantitative estimate of drug-likeness (QED) is 0.933. The molecular weight excluding hydrogens is 286 g/mol. The van der Waals surface area contributed by atoms with Gasteiger partial charge in [0, 0.05) is 6.54 Å². The first-order valence-corrected chi connectivity index (χ1v) is 7.85. The molecule has 0 radical (unpaired) electrons. The second-order valence-corrected chi connectivity index (χ2v) is 6.27. The Balaban J connectivity index is 1.96. The van der Waals surface area contributed by atoms with E-state index in [0.29, 0.717) is 5.56 Å². The number of carbonyl (C=O) groups is 1. The number of hydrogen-bond acceptors (Lipinski definition) is 2. The molecular formula is C20H21NO2. The normalized spacial score (nSPS) is 13.6. The Morgan fingerprint density at radius 1 is 1.13 bits per heavy atom. The predicted molar refractivity (Wildman–Crippen MR) is 92.6 cm³/mol. The summed E-state index contributed by atoms with van der Waals surface area (Å²) in [5.74, 6) is -0.876. The van der Waals surface area contributed by atoms with Crippen molar-refractivity contribution in [1.82, 2.24) is 4.90 Å². The second-order valence-electron chi connectivity index (χ2n) is 6.27. The van der Waals surface area contributed by atoms with Crippen LogP contribution < -0.4 is 0 Å². The highest BCUT2D eigenvalue weighted by Crippen LogP contribution is 2.32. The smallest absolute Gasteiger partial charge is 0.335 e. The first-order chi connectivity index (χ1) is 11.0. The Morgan fingerprint density at radius 2 is 1.87 bits per heavy atom. The molecule has 0 saturated carbocycles. The largest absolute Gasteiger partial charge is 0.478 e. The third kappa shape index (κ3) is 3.35. The predicted octanol–water partition coefficient (Wildman–Crippen LogP) is 3.82. The van der Waals surface area contributed by atoms with Crippen molar-refractivity contribution in [3.63, 3.8) is 0 Å². The molecule has 3 nitrogen and oxygen atoms in total. The Labute approximate surface area is 136 Å². The molecule has 0 unspecified atom stereocenters. The number of carboxylic acid groups (broad SMARTS) is 1. The number of benzene rings is 2. The average Bonchev–Trinajstić information content (AvgIpc) is 2.54. The van der Waals surface area contributed by atoms with E-state index in [1.807, 2.05) is 6.07 Å². The van der Waals surface area contributed by atoms with Gasteiger partial charge in [0.2, 0.25) is 0 Å². The van der Waals surface area contributed by atoms with Crippen molar-refractivity contribution in [2.75, 3.05) is 14.1 Å². The van der Waals surface area contributed by atoms with E-state index in [-0.39, 0.29) is 0 Å². The van der Waals surface area contributed by atoms with Gasteiger partial charge in [0.15, 0.2) is 0 Å². The van der Waals surface area contributed by atoms with Crippen LogP contribution in [0.1, 0.15) is 39.0 Å². The fourth-order valence-corrected chi connectivity index (χ4v) is 3.09. The third-order valence-electron chi connectivity index (χ3n) is 4.17. The minimum Gasteiger partial charge on any atom is -0.478 e. The number of fused-ring (bicyclic) bond motifs is 1. The number of rotatable bonds is 4. The van der Waals surface area contributed by atoms with Crippen LogP contribution in [0.3, 0.4) is 0 Å². The molecule has 3 heteroatoms. The van der Waals surface area contributed by atoms with Gasteiger partial charge < -0.3 is 10.0 Å². The maximum atomic E-state index is 11.3. The minimum atomic E-state index is -0.876. The van der Waals surface area contributed by atoms with E-state index in [4.69, 9.17) is 0 Å². The van der Waals surface area contributed by atoms with E-state index in [1.54, 1.807) is 12.1 Å². The van der Waals surface area contributed by atoms with Gasteiger partial charge in [-0.15, -0.1) is 0 Å². The minimum absolute atomic E-state index is 0.348. The number of hydrogen-bond donors (Lipinski definition) is 1. The SMILES string of the molecule is CN(C)Cc1ccc(C2=CCCc3ccc(C(=O)O)cc32)cc1. The molecule has 23 heavy (non-hydrogen) atoms. The molecule has 0 aliphatic heterocycles. The van der Waals surface area contributed by atoms with E-state index >= 15 is 0 Å². The van der Waals surface area contributed by atoms with E-state index < -0.39 is 5.97 Å². The fraction of sp³-hybridized carbons (Fsp3) is 0.250. The van der Waals surface area contributed by atoms with Gasteiger partial charge in [-0.05, 0) is 66.9 Å². The van der Waals surface area contributed by atoms with Gasteiger partial charge in [-0.3, -0.25) is 0 Å². The Morgan fingerprint density at radius 3 is 2.52 bits per heavy atom. The lowest BCUT2D eigenvalue weighted by molar-refractivity contribution is 0.0697. The number of nitrogens with zero attached hydrogens (tertiary/aromatic N) is 1. The van der Waals surface area contributed by atoms with Crippen LogP contribution in [0.5, 0.6) is 0 Å². The number of carboxylic acids is 1. The molecule has 2 aromatic carbocycles. The molecule has 0 spiro atoms. The summed E-state index contributed by atoms with van der Waals surface area (Å²) in [6.07, 6.45) is 4.18. The topological polar surface area (TPSA) is 40.5 Å². The highest BCUT2D eigenvalue weighted by molar-refractivity contribution is 5.91. The zero-order valence-corrected chi connectivity index (χ0v) is 13.5. The lowest BCUT2D eigenvalue weighted by atomic mass is 9.85. The molecule has 0 saturated heterocycles. The molecule has 1 aliphatic carbocycles. The third-order valence-corrected chi connectivity index (χ3v) is 4.17. The molecule has 0 fully saturated rings. The van der Waals surface area contributed by atoms with Crippen LogP contribution in [0.15, 0.2) is 48.5 Å². The van der Waals surface area contributed by atoms with E-state index in [1.165, 1.54) is 11.1 Å². The van der Waals surface area contributed by atoms with Crippen molar-refractivity contribution in [3.8, 4) is 0 Å². The summed E-state index contributed by atoms with van der Waals surface area (Å²) in [4.78, 5) is 13.4. The molecule has 0 atom stereocenters. The Kier molecular flexibility index (Phi) is 4.30. The van der Waals surface area contributed by atoms with Gasteiger partial charge in [0.05, 0.1) is 5.56 Å². The molecule has 1 aliphatic rings. The summed E-state index contributed by atoms with van der Waals surface area (Å²) >= 11 is 0. The highest BCUT2D eigenvalue weighted by atomic mass is 16.4. The van der Waals surface area contributed by atoms with E-state index in [9.17, 15) is 9.90 Å². The van der Waals surface area contributed by atoms with Gasteiger partial charge >= 0.3 is 5.97 Å². The van der Waals surface area contributed by atoms with Crippen LogP contribution in [0.2, 0.25) is 0 Å². The van der Waals surface area contributed by atoms with Crippen molar-refractivity contribution in [2.45, 2.75) is 19.4 Å². The van der Waals surface area contributed by atoms with Gasteiger partial charge in [-0.2, -0.15) is 0 Å². The highest BCUT2D eigenvalue weighted by Gasteiger charge is 2.16. The summed E-state index contributed by atoms with van der Waals surface area (Å²) in [5, 5.41) is 9.24. The van der Waals surface area contributed by atoms with Crippen LogP contribution in [-0.2, 0) is 13.0 Å². The summed E-state index contributed by atoms with van der Waals surface area (Å²) in [5.41, 5.74) is 6.19. The van der Waals surface area contributed by atoms with Crippen LogP contribution in [0.25, 0.3) is 5.57 Å². The number of aromatic carboxylic acids is 1. The Bertz CT molecular complexity index is 758. The summed E-state index contributed by atoms with van der Waals surface area (Å²) < 4.78 is 0. The van der Waals surface area contributed by atoms with Crippen LogP contribution in [0, 0.1) is 0 Å². The zero-order valence-electron chi connectivity index (χ0n) is 13.5. The van der Waals surface area contributed by atoms with Gasteiger partial charge in [-0.1, -0.05) is 36.4 Å². The summed E-state index contributed by atoms with van der Waals surface area (Å²) in [7, 11) is 4.11. The number of allylic oxidation sites excluding steroid dienone is 1. The molecule has 3 rings (SSSR count). The molecule has 0 bridgehead atoms. The lowest BCUT2D eigenvalue weighted by Gasteiger charge is -2.19. The summed E-state index contributed by atoms with van der Waals surface area (Å²) in [6, 6.07) is 14.0. The van der Waals surface area contributed by atoms with E-state index in [2.05, 4.69) is 49.3 Å². The first kappa shape index (κ1) is 15.5. The van der Waals surface area contributed by atoms with Gasteiger partial charge in [-0.25, -0.2) is 4.79 Å². The van der Waals surface area contributed by atoms with Crippen molar-refractivity contribution < 1.29 is 9.90 Å². The fourth-order valence-electron chi connectivity index (χ4n) is 3.09. The van der Waals surface area contributed by atoms with Crippen molar-refractivity contribution in [1.29, 1.82) is 0 Å². The van der Waals surface area contributed by atoms with Crippen molar-refractivity contribution in [2.24, 2.45) is 0 Å². The van der Waals surface area contributed by atoms with Crippen LogP contribution in [0.4, 0.5) is 0 Å². The van der Waals surface area contributed by atoms with Crippen LogP contribution >= 0.6 is 0 Å². The number of aryl methyl sites for hydroxylation is 1. The second kappa shape index (κ2) is 6.39. The molecule has 0 aromatic heterocycles. The zero-order chi connectivity index (χ0) is 16.4.